The van der Waals surface area contributed by atoms with Crippen molar-refractivity contribution in [1.29, 1.82) is 0 Å². The highest BCUT2D eigenvalue weighted by Gasteiger charge is 2.19. The van der Waals surface area contributed by atoms with Crippen molar-refractivity contribution in [3.63, 3.8) is 0 Å². The quantitative estimate of drug-likeness (QED) is 0.667. The second-order valence-corrected chi connectivity index (χ2v) is 7.00. The number of carbonyl (C=O) groups is 1. The first-order valence-electron chi connectivity index (χ1n) is 8.32. The predicted molar refractivity (Wildman–Crippen MR) is 104 cm³/mol. The van der Waals surface area contributed by atoms with E-state index in [2.05, 4.69) is 20.3 Å². The second-order valence-electron chi connectivity index (χ2n) is 5.94. The van der Waals surface area contributed by atoms with E-state index < -0.39 is 0 Å². The van der Waals surface area contributed by atoms with E-state index in [4.69, 9.17) is 9.47 Å². The molecule has 2 heterocycles. The Labute approximate surface area is 161 Å². The average Bonchev–Trinajstić information content (AvgIpc) is 3.10. The maximum Gasteiger partial charge on any atom is 0.240 e. The van der Waals surface area contributed by atoms with Crippen LogP contribution in [-0.2, 0) is 4.79 Å². The maximum atomic E-state index is 12.4. The predicted octanol–water partition coefficient (Wildman–Crippen LogP) is 2.74. The lowest BCUT2D eigenvalue weighted by molar-refractivity contribution is -0.117. The third-order valence-electron chi connectivity index (χ3n) is 4.07. The van der Waals surface area contributed by atoms with Gasteiger partial charge < -0.3 is 9.47 Å². The van der Waals surface area contributed by atoms with Crippen molar-refractivity contribution < 1.29 is 14.3 Å². The summed E-state index contributed by atoms with van der Waals surface area (Å²) in [4.78, 5) is 27.2. The molecule has 0 radical (unpaired) electrons. The number of carbonyl (C=O) groups excluding carboxylic acids is 1. The van der Waals surface area contributed by atoms with E-state index in [0.29, 0.717) is 11.8 Å². The molecule has 0 unspecified atom stereocenters. The number of likely N-dealkylation sites (N-methyl/N-ethyl adjacent to an activating group) is 1. The SMILES string of the molecule is COc1cc(OC)nc(NC(=O)CN(C)[C@H](C)c2nc3ccccc3s2)n1. The topological polar surface area (TPSA) is 89.5 Å². The lowest BCUT2D eigenvalue weighted by Crippen LogP contribution is -2.32. The van der Waals surface area contributed by atoms with Gasteiger partial charge in [-0.3, -0.25) is 15.0 Å². The van der Waals surface area contributed by atoms with Gasteiger partial charge in [0.1, 0.15) is 5.01 Å². The first-order chi connectivity index (χ1) is 13.0. The van der Waals surface area contributed by atoms with Crippen LogP contribution in [0.3, 0.4) is 0 Å². The summed E-state index contributed by atoms with van der Waals surface area (Å²) in [7, 11) is 4.85. The highest BCUT2D eigenvalue weighted by molar-refractivity contribution is 7.18. The molecule has 0 spiro atoms. The largest absolute Gasteiger partial charge is 0.481 e. The molecule has 27 heavy (non-hydrogen) atoms. The third kappa shape index (κ3) is 4.50. The Kier molecular flexibility index (Phi) is 5.82. The number of nitrogens with one attached hydrogen (secondary N) is 1. The van der Waals surface area contributed by atoms with Crippen LogP contribution in [-0.4, -0.2) is 53.6 Å². The molecule has 0 saturated heterocycles. The van der Waals surface area contributed by atoms with Crippen LogP contribution >= 0.6 is 11.3 Å². The summed E-state index contributed by atoms with van der Waals surface area (Å²) >= 11 is 1.63. The number of rotatable bonds is 7. The molecule has 142 valence electrons. The van der Waals surface area contributed by atoms with Gasteiger partial charge in [-0.15, -0.1) is 11.3 Å². The molecule has 0 aliphatic carbocycles. The fraction of sp³-hybridized carbons (Fsp3) is 0.333. The highest BCUT2D eigenvalue weighted by Crippen LogP contribution is 2.28. The molecule has 9 heteroatoms. The van der Waals surface area contributed by atoms with Gasteiger partial charge in [-0.1, -0.05) is 12.1 Å². The molecule has 0 aliphatic heterocycles. The van der Waals surface area contributed by atoms with Gasteiger partial charge in [0.05, 0.1) is 43.1 Å². The minimum atomic E-state index is -0.235. The van der Waals surface area contributed by atoms with E-state index >= 15 is 0 Å². The van der Waals surface area contributed by atoms with Crippen LogP contribution in [0.4, 0.5) is 5.95 Å². The Hall–Kier alpha value is -2.78. The first kappa shape index (κ1) is 19.0. The van der Waals surface area contributed by atoms with Gasteiger partial charge in [-0.2, -0.15) is 9.97 Å². The van der Waals surface area contributed by atoms with Crippen molar-refractivity contribution >= 4 is 33.4 Å². The van der Waals surface area contributed by atoms with Crippen LogP contribution in [0.2, 0.25) is 0 Å². The van der Waals surface area contributed by atoms with Crippen molar-refractivity contribution in [3.8, 4) is 11.8 Å². The number of anilines is 1. The summed E-state index contributed by atoms with van der Waals surface area (Å²) in [5.41, 5.74) is 0.971. The van der Waals surface area contributed by atoms with Crippen LogP contribution < -0.4 is 14.8 Å². The van der Waals surface area contributed by atoms with Crippen molar-refractivity contribution in [2.75, 3.05) is 33.1 Å². The number of hydrogen-bond acceptors (Lipinski definition) is 8. The number of nitrogens with zero attached hydrogens (tertiary/aromatic N) is 4. The molecule has 1 aromatic carbocycles. The molecule has 0 aliphatic rings. The molecule has 1 amide bonds. The zero-order valence-corrected chi connectivity index (χ0v) is 16.4. The van der Waals surface area contributed by atoms with E-state index in [1.165, 1.54) is 20.3 Å². The zero-order chi connectivity index (χ0) is 19.4. The molecule has 0 fully saturated rings. The molecule has 0 bridgehead atoms. The number of methoxy groups -OCH3 is 2. The van der Waals surface area contributed by atoms with E-state index in [9.17, 15) is 4.79 Å². The Bertz CT molecular complexity index is 890. The molecule has 2 aromatic heterocycles. The van der Waals surface area contributed by atoms with Gasteiger partial charge in [-0.25, -0.2) is 4.98 Å². The number of aromatic nitrogens is 3. The number of amides is 1. The minimum absolute atomic E-state index is 0.00564. The smallest absolute Gasteiger partial charge is 0.240 e. The summed E-state index contributed by atoms with van der Waals surface area (Å²) in [6, 6.07) is 9.53. The number of thiazole rings is 1. The Morgan fingerprint density at radius 1 is 1.19 bits per heavy atom. The fourth-order valence-corrected chi connectivity index (χ4v) is 3.54. The molecular weight excluding hydrogens is 366 g/mol. The second kappa shape index (κ2) is 8.28. The lowest BCUT2D eigenvalue weighted by atomic mass is 10.3. The number of ether oxygens (including phenoxy) is 2. The molecule has 1 atom stereocenters. The molecule has 3 aromatic rings. The summed E-state index contributed by atoms with van der Waals surface area (Å²) in [6.07, 6.45) is 0. The monoisotopic (exact) mass is 387 g/mol. The molecule has 0 saturated carbocycles. The summed E-state index contributed by atoms with van der Waals surface area (Å²) in [5.74, 6) is 0.528. The van der Waals surface area contributed by atoms with Crippen LogP contribution in [0.15, 0.2) is 30.3 Å². The van der Waals surface area contributed by atoms with E-state index in [1.54, 1.807) is 11.3 Å². The van der Waals surface area contributed by atoms with E-state index in [-0.39, 0.29) is 24.4 Å². The molecule has 8 nitrogen and oxygen atoms in total. The summed E-state index contributed by atoms with van der Waals surface area (Å²) < 4.78 is 11.3. The van der Waals surface area contributed by atoms with Crippen LogP contribution in [0.5, 0.6) is 11.8 Å². The summed E-state index contributed by atoms with van der Waals surface area (Å²) in [5, 5.41) is 3.64. The van der Waals surface area contributed by atoms with Crippen molar-refractivity contribution in [3.05, 3.63) is 35.3 Å². The minimum Gasteiger partial charge on any atom is -0.481 e. The molecule has 3 rings (SSSR count). The van der Waals surface area contributed by atoms with Crippen LogP contribution in [0.25, 0.3) is 10.2 Å². The molecular formula is C18H21N5O3S. The van der Waals surface area contributed by atoms with Gasteiger partial charge in [0.15, 0.2) is 0 Å². The van der Waals surface area contributed by atoms with Gasteiger partial charge in [0, 0.05) is 0 Å². The van der Waals surface area contributed by atoms with E-state index in [0.717, 1.165) is 15.2 Å². The van der Waals surface area contributed by atoms with Gasteiger partial charge >= 0.3 is 0 Å². The Morgan fingerprint density at radius 3 is 2.48 bits per heavy atom. The van der Waals surface area contributed by atoms with Crippen molar-refractivity contribution in [2.24, 2.45) is 0 Å². The van der Waals surface area contributed by atoms with Gasteiger partial charge in [0.2, 0.25) is 23.6 Å². The van der Waals surface area contributed by atoms with Crippen molar-refractivity contribution in [1.82, 2.24) is 19.9 Å². The number of hydrogen-bond donors (Lipinski definition) is 1. The Balaban J connectivity index is 1.66. The third-order valence-corrected chi connectivity index (χ3v) is 5.28. The first-order valence-corrected chi connectivity index (χ1v) is 9.14. The lowest BCUT2D eigenvalue weighted by Gasteiger charge is -2.22. The van der Waals surface area contributed by atoms with Crippen molar-refractivity contribution in [2.45, 2.75) is 13.0 Å². The standard InChI is InChI=1S/C18H21N5O3S/c1-11(17-19-12-7-5-6-8-13(12)27-17)23(2)10-14(24)20-18-21-15(25-3)9-16(22-18)26-4/h5-9,11H,10H2,1-4H3,(H,20,21,22,24)/t11-/m1/s1. The number of benzene rings is 1. The number of para-hydroxylation sites is 1. The van der Waals surface area contributed by atoms with Crippen LogP contribution in [0.1, 0.15) is 18.0 Å². The summed E-state index contributed by atoms with van der Waals surface area (Å²) in [6.45, 7) is 2.19. The average molecular weight is 387 g/mol. The van der Waals surface area contributed by atoms with Crippen LogP contribution in [0, 0.1) is 0 Å². The van der Waals surface area contributed by atoms with Gasteiger partial charge in [0.25, 0.3) is 0 Å². The van der Waals surface area contributed by atoms with E-state index in [1.807, 2.05) is 43.1 Å². The zero-order valence-electron chi connectivity index (χ0n) is 15.6. The number of fused-ring (bicyclic) bond motifs is 1. The Morgan fingerprint density at radius 2 is 1.85 bits per heavy atom. The van der Waals surface area contributed by atoms with Gasteiger partial charge in [-0.05, 0) is 26.1 Å². The maximum absolute atomic E-state index is 12.4. The highest BCUT2D eigenvalue weighted by atomic mass is 32.1. The molecule has 1 N–H and O–H groups in total. The normalized spacial score (nSPS) is 12.2. The fourth-order valence-electron chi connectivity index (χ4n) is 2.45.